The number of hydrogen-bond acceptors (Lipinski definition) is 6. The predicted molar refractivity (Wildman–Crippen MR) is 104 cm³/mol. The highest BCUT2D eigenvalue weighted by molar-refractivity contribution is 6.09. The molecule has 0 radical (unpaired) electrons. The average Bonchev–Trinajstić information content (AvgIpc) is 2.90. The number of rotatable bonds is 8. The lowest BCUT2D eigenvalue weighted by Crippen LogP contribution is -2.48. The standard InChI is InChI=1S/C20H27N3O6/c1-12(2)10-15(17(25)29-5)21-16(24)11-23-18(26)20(3,22-19(23)27)13-6-8-14(28-4)9-7-13/h6-9,12,15H,10-11H2,1-5H3,(H,21,24)(H,22,27)/t15-,20+/m1/s1. The second kappa shape index (κ2) is 8.93. The third kappa shape index (κ3) is 4.85. The number of esters is 1. The Kier molecular flexibility index (Phi) is 6.84. The lowest BCUT2D eigenvalue weighted by molar-refractivity contribution is -0.145. The van der Waals surface area contributed by atoms with Gasteiger partial charge in [-0.05, 0) is 37.0 Å². The monoisotopic (exact) mass is 405 g/mol. The molecule has 1 fully saturated rings. The summed E-state index contributed by atoms with van der Waals surface area (Å²) in [5.41, 5.74) is -0.740. The van der Waals surface area contributed by atoms with Crippen LogP contribution in [0, 0.1) is 5.92 Å². The number of hydrogen-bond donors (Lipinski definition) is 2. The molecule has 4 amide bonds. The van der Waals surface area contributed by atoms with Crippen molar-refractivity contribution in [3.63, 3.8) is 0 Å². The molecule has 29 heavy (non-hydrogen) atoms. The normalized spacial score (nSPS) is 19.7. The second-order valence-electron chi connectivity index (χ2n) is 7.45. The molecular formula is C20H27N3O6. The molecule has 1 aliphatic rings. The van der Waals surface area contributed by atoms with Crippen LogP contribution in [0.4, 0.5) is 4.79 Å². The van der Waals surface area contributed by atoms with Gasteiger partial charge < -0.3 is 20.1 Å². The van der Waals surface area contributed by atoms with Crippen LogP contribution in [0.1, 0.15) is 32.8 Å². The Morgan fingerprint density at radius 2 is 1.79 bits per heavy atom. The first-order valence-electron chi connectivity index (χ1n) is 9.28. The number of carbonyl (C=O) groups is 4. The summed E-state index contributed by atoms with van der Waals surface area (Å²) < 4.78 is 9.82. The van der Waals surface area contributed by atoms with Gasteiger partial charge in [0.25, 0.3) is 5.91 Å². The highest BCUT2D eigenvalue weighted by Gasteiger charge is 2.49. The Bertz CT molecular complexity index is 792. The number of imide groups is 1. The van der Waals surface area contributed by atoms with Crippen molar-refractivity contribution in [1.82, 2.24) is 15.5 Å². The van der Waals surface area contributed by atoms with Crippen LogP contribution in [0.3, 0.4) is 0 Å². The van der Waals surface area contributed by atoms with Gasteiger partial charge in [-0.1, -0.05) is 26.0 Å². The maximum absolute atomic E-state index is 12.9. The molecule has 0 aliphatic carbocycles. The van der Waals surface area contributed by atoms with Gasteiger partial charge in [-0.25, -0.2) is 9.59 Å². The van der Waals surface area contributed by atoms with Crippen LogP contribution < -0.4 is 15.4 Å². The molecule has 2 N–H and O–H groups in total. The molecule has 1 saturated heterocycles. The second-order valence-corrected chi connectivity index (χ2v) is 7.45. The number of amides is 4. The first-order valence-corrected chi connectivity index (χ1v) is 9.28. The molecule has 0 unspecified atom stereocenters. The van der Waals surface area contributed by atoms with E-state index in [9.17, 15) is 19.2 Å². The molecule has 0 aromatic heterocycles. The third-order valence-corrected chi connectivity index (χ3v) is 4.77. The Balaban J connectivity index is 2.12. The number of nitrogens with one attached hydrogen (secondary N) is 2. The van der Waals surface area contributed by atoms with Crippen molar-refractivity contribution < 1.29 is 28.7 Å². The van der Waals surface area contributed by atoms with E-state index in [1.165, 1.54) is 14.2 Å². The van der Waals surface area contributed by atoms with E-state index >= 15 is 0 Å². The minimum absolute atomic E-state index is 0.134. The largest absolute Gasteiger partial charge is 0.497 e. The first-order chi connectivity index (χ1) is 13.6. The van der Waals surface area contributed by atoms with Gasteiger partial charge in [0.2, 0.25) is 5.91 Å². The summed E-state index contributed by atoms with van der Waals surface area (Å²) in [7, 11) is 2.76. The van der Waals surface area contributed by atoms with Gasteiger partial charge in [-0.2, -0.15) is 0 Å². The number of urea groups is 1. The quantitative estimate of drug-likeness (QED) is 0.496. The topological polar surface area (TPSA) is 114 Å². The van der Waals surface area contributed by atoms with Crippen molar-refractivity contribution in [3.8, 4) is 5.75 Å². The van der Waals surface area contributed by atoms with E-state index in [0.717, 1.165) is 4.90 Å². The molecular weight excluding hydrogens is 378 g/mol. The van der Waals surface area contributed by atoms with E-state index in [4.69, 9.17) is 9.47 Å². The minimum Gasteiger partial charge on any atom is -0.497 e. The van der Waals surface area contributed by atoms with E-state index in [1.807, 2.05) is 13.8 Å². The van der Waals surface area contributed by atoms with Gasteiger partial charge in [0.05, 0.1) is 14.2 Å². The van der Waals surface area contributed by atoms with E-state index < -0.39 is 41.9 Å². The van der Waals surface area contributed by atoms with Crippen LogP contribution >= 0.6 is 0 Å². The summed E-state index contributed by atoms with van der Waals surface area (Å²) >= 11 is 0. The summed E-state index contributed by atoms with van der Waals surface area (Å²) in [4.78, 5) is 50.4. The van der Waals surface area contributed by atoms with Crippen LogP contribution in [-0.4, -0.2) is 55.5 Å². The first kappa shape index (κ1) is 22.2. The molecule has 1 aromatic carbocycles. The van der Waals surface area contributed by atoms with Crippen molar-refractivity contribution in [2.75, 3.05) is 20.8 Å². The van der Waals surface area contributed by atoms with Gasteiger partial charge in [0.1, 0.15) is 23.9 Å². The molecule has 0 bridgehead atoms. The SMILES string of the molecule is COC(=O)[C@@H](CC(C)C)NC(=O)CN1C(=O)N[C@@](C)(c2ccc(OC)cc2)C1=O. The van der Waals surface area contributed by atoms with Crippen molar-refractivity contribution in [2.24, 2.45) is 5.92 Å². The highest BCUT2D eigenvalue weighted by Crippen LogP contribution is 2.29. The van der Waals surface area contributed by atoms with Gasteiger partial charge in [0.15, 0.2) is 0 Å². The molecule has 2 rings (SSSR count). The summed E-state index contributed by atoms with van der Waals surface area (Å²) in [5.74, 6) is -1.00. The summed E-state index contributed by atoms with van der Waals surface area (Å²) in [5, 5.41) is 5.18. The Morgan fingerprint density at radius 1 is 1.17 bits per heavy atom. The van der Waals surface area contributed by atoms with Crippen molar-refractivity contribution >= 4 is 23.8 Å². The van der Waals surface area contributed by atoms with E-state index in [1.54, 1.807) is 31.2 Å². The fourth-order valence-electron chi connectivity index (χ4n) is 3.17. The molecule has 0 spiro atoms. The Morgan fingerprint density at radius 3 is 2.31 bits per heavy atom. The Labute approximate surface area is 169 Å². The Hall–Kier alpha value is -3.10. The average molecular weight is 405 g/mol. The van der Waals surface area contributed by atoms with Crippen LogP contribution in [0.2, 0.25) is 0 Å². The molecule has 1 heterocycles. The summed E-state index contributed by atoms with van der Waals surface area (Å²) in [6.07, 6.45) is 0.377. The fraction of sp³-hybridized carbons (Fsp3) is 0.500. The van der Waals surface area contributed by atoms with E-state index in [0.29, 0.717) is 17.7 Å². The highest BCUT2D eigenvalue weighted by atomic mass is 16.5. The number of carbonyl (C=O) groups excluding carboxylic acids is 4. The number of benzene rings is 1. The van der Waals surface area contributed by atoms with Gasteiger partial charge in [0, 0.05) is 0 Å². The van der Waals surface area contributed by atoms with E-state index in [2.05, 4.69) is 10.6 Å². The molecule has 1 aromatic rings. The van der Waals surface area contributed by atoms with Crippen molar-refractivity contribution in [2.45, 2.75) is 38.8 Å². The summed E-state index contributed by atoms with van der Waals surface area (Å²) in [6, 6.07) is 5.19. The van der Waals surface area contributed by atoms with Crippen LogP contribution in [0.25, 0.3) is 0 Å². The molecule has 158 valence electrons. The molecule has 0 saturated carbocycles. The minimum atomic E-state index is -1.30. The number of nitrogens with zero attached hydrogens (tertiary/aromatic N) is 1. The smallest absolute Gasteiger partial charge is 0.328 e. The maximum Gasteiger partial charge on any atom is 0.328 e. The zero-order valence-electron chi connectivity index (χ0n) is 17.3. The predicted octanol–water partition coefficient (Wildman–Crippen LogP) is 1.17. The zero-order valence-corrected chi connectivity index (χ0v) is 17.3. The van der Waals surface area contributed by atoms with Gasteiger partial charge in [-0.3, -0.25) is 14.5 Å². The number of ether oxygens (including phenoxy) is 2. The van der Waals surface area contributed by atoms with Crippen LogP contribution in [0.5, 0.6) is 5.75 Å². The maximum atomic E-state index is 12.9. The third-order valence-electron chi connectivity index (χ3n) is 4.77. The molecule has 9 nitrogen and oxygen atoms in total. The fourth-order valence-corrected chi connectivity index (χ4v) is 3.17. The van der Waals surface area contributed by atoms with Crippen molar-refractivity contribution in [3.05, 3.63) is 29.8 Å². The van der Waals surface area contributed by atoms with Crippen LogP contribution in [-0.2, 0) is 24.7 Å². The zero-order chi connectivity index (χ0) is 21.8. The molecule has 9 heteroatoms. The molecule has 1 aliphatic heterocycles. The molecule has 2 atom stereocenters. The lowest BCUT2D eigenvalue weighted by atomic mass is 9.92. The van der Waals surface area contributed by atoms with Crippen LogP contribution in [0.15, 0.2) is 24.3 Å². The summed E-state index contributed by atoms with van der Waals surface area (Å²) in [6.45, 7) is 4.88. The van der Waals surface area contributed by atoms with Gasteiger partial charge in [-0.15, -0.1) is 0 Å². The van der Waals surface area contributed by atoms with E-state index in [-0.39, 0.29) is 5.92 Å². The lowest BCUT2D eigenvalue weighted by Gasteiger charge is -2.23. The van der Waals surface area contributed by atoms with Gasteiger partial charge >= 0.3 is 12.0 Å². The number of methoxy groups -OCH3 is 2. The van der Waals surface area contributed by atoms with Crippen molar-refractivity contribution in [1.29, 1.82) is 0 Å².